The molecule has 2 aliphatic heterocycles. The zero-order chi connectivity index (χ0) is 29.3. The Kier molecular flexibility index (Phi) is 8.07. The molecule has 0 spiro atoms. The number of carbonyl (C=O) groups is 2. The standard InChI is InChI=1S/C30H33N3O6S/c1-29(2,3)39-28(35)33-19-25-16-30(33,11-12-38-25)27(34)14-21(17-31)13-20-5-7-22(8-6-20)23-9-10-24(18-32)26(15-23)40(4,36)37/h5-10,15,21,25H,11-14,16,19H2,1-4H3/t21-,25-,30+/m1/s1. The second-order valence-corrected chi connectivity index (χ2v) is 13.5. The van der Waals surface area contributed by atoms with Crippen molar-refractivity contribution in [3.05, 3.63) is 53.6 Å². The Bertz CT molecular complexity index is 1500. The third-order valence-corrected chi connectivity index (χ3v) is 8.49. The van der Waals surface area contributed by atoms with Gasteiger partial charge in [-0.05, 0) is 56.0 Å². The van der Waals surface area contributed by atoms with E-state index < -0.39 is 33.0 Å². The Hall–Kier alpha value is -3.73. The van der Waals surface area contributed by atoms with Crippen LogP contribution >= 0.6 is 0 Å². The number of nitrogens with zero attached hydrogens (tertiary/aromatic N) is 3. The number of carbonyl (C=O) groups excluding carboxylic acids is 2. The fourth-order valence-corrected chi connectivity index (χ4v) is 6.29. The van der Waals surface area contributed by atoms with E-state index in [0.717, 1.165) is 17.4 Å². The molecule has 0 aliphatic carbocycles. The average Bonchev–Trinajstić information content (AvgIpc) is 3.17. The van der Waals surface area contributed by atoms with E-state index in [1.807, 2.05) is 30.3 Å². The van der Waals surface area contributed by atoms with Crippen molar-refractivity contribution in [3.8, 4) is 23.3 Å². The molecule has 0 radical (unpaired) electrons. The molecule has 2 aromatic carbocycles. The predicted octanol–water partition coefficient (Wildman–Crippen LogP) is 4.44. The quantitative estimate of drug-likeness (QED) is 0.482. The highest BCUT2D eigenvalue weighted by atomic mass is 32.2. The highest BCUT2D eigenvalue weighted by Crippen LogP contribution is 2.41. The van der Waals surface area contributed by atoms with E-state index in [9.17, 15) is 28.5 Å². The van der Waals surface area contributed by atoms with E-state index in [-0.39, 0.29) is 35.3 Å². The lowest BCUT2D eigenvalue weighted by Gasteiger charge is -2.38. The van der Waals surface area contributed by atoms with Crippen molar-refractivity contribution < 1.29 is 27.5 Å². The van der Waals surface area contributed by atoms with Gasteiger partial charge in [-0.2, -0.15) is 10.5 Å². The molecule has 2 aromatic rings. The lowest BCUT2D eigenvalue weighted by atomic mass is 9.80. The van der Waals surface area contributed by atoms with E-state index in [1.54, 1.807) is 26.8 Å². The summed E-state index contributed by atoms with van der Waals surface area (Å²) in [6.07, 6.45) is 1.40. The van der Waals surface area contributed by atoms with Gasteiger partial charge in [-0.1, -0.05) is 30.3 Å². The summed E-state index contributed by atoms with van der Waals surface area (Å²) in [7, 11) is -3.58. The smallest absolute Gasteiger partial charge is 0.411 e. The molecule has 0 aromatic heterocycles. The number of hydrogen-bond acceptors (Lipinski definition) is 8. The number of hydrogen-bond donors (Lipinski definition) is 0. The van der Waals surface area contributed by atoms with E-state index in [4.69, 9.17) is 9.47 Å². The number of Topliss-reactive ketones (excluding diaryl/α,β-unsaturated/α-hetero) is 1. The zero-order valence-electron chi connectivity index (χ0n) is 23.1. The lowest BCUT2D eigenvalue weighted by Crippen LogP contribution is -2.55. The van der Waals surface area contributed by atoms with Crippen LogP contribution in [0, 0.1) is 28.6 Å². The number of rotatable bonds is 7. The Morgan fingerprint density at radius 2 is 1.82 bits per heavy atom. The van der Waals surface area contributed by atoms with Crippen molar-refractivity contribution in [1.82, 2.24) is 4.90 Å². The molecule has 9 nitrogen and oxygen atoms in total. The van der Waals surface area contributed by atoms with Crippen molar-refractivity contribution in [2.24, 2.45) is 5.92 Å². The van der Waals surface area contributed by atoms with Crippen LogP contribution < -0.4 is 0 Å². The lowest BCUT2D eigenvalue weighted by molar-refractivity contribution is -0.133. The first kappa shape index (κ1) is 29.3. The summed E-state index contributed by atoms with van der Waals surface area (Å²) in [5, 5.41) is 19.2. The molecule has 2 saturated heterocycles. The van der Waals surface area contributed by atoms with Gasteiger partial charge in [-0.3, -0.25) is 9.69 Å². The molecule has 0 N–H and O–H groups in total. The maximum atomic E-state index is 13.7. The maximum Gasteiger partial charge on any atom is 0.411 e. The molecule has 40 heavy (non-hydrogen) atoms. The molecule has 1 amide bonds. The van der Waals surface area contributed by atoms with E-state index in [1.165, 1.54) is 17.0 Å². The minimum absolute atomic E-state index is 0.00237. The second kappa shape index (κ2) is 11.0. The molecule has 10 heteroatoms. The van der Waals surface area contributed by atoms with Gasteiger partial charge < -0.3 is 9.47 Å². The summed E-state index contributed by atoms with van der Waals surface area (Å²) in [5.74, 6) is -0.750. The van der Waals surface area contributed by atoms with Crippen LogP contribution in [0.1, 0.15) is 51.2 Å². The van der Waals surface area contributed by atoms with Gasteiger partial charge in [0, 0.05) is 32.1 Å². The molecule has 3 atom stereocenters. The monoisotopic (exact) mass is 563 g/mol. The highest BCUT2D eigenvalue weighted by Gasteiger charge is 2.56. The van der Waals surface area contributed by atoms with Crippen LogP contribution in [0.2, 0.25) is 0 Å². The molecule has 2 fully saturated rings. The summed E-state index contributed by atoms with van der Waals surface area (Å²) in [6.45, 7) is 5.99. The molecular formula is C30H33N3O6S. The van der Waals surface area contributed by atoms with Crippen molar-refractivity contribution in [2.75, 3.05) is 19.4 Å². The van der Waals surface area contributed by atoms with E-state index >= 15 is 0 Å². The Morgan fingerprint density at radius 3 is 2.42 bits per heavy atom. The van der Waals surface area contributed by atoms with Gasteiger partial charge in [-0.15, -0.1) is 0 Å². The van der Waals surface area contributed by atoms with Crippen molar-refractivity contribution >= 4 is 21.7 Å². The van der Waals surface area contributed by atoms with Crippen LogP contribution in [0.4, 0.5) is 4.79 Å². The van der Waals surface area contributed by atoms with Gasteiger partial charge in [0.05, 0.1) is 35.1 Å². The Labute approximate surface area is 235 Å². The van der Waals surface area contributed by atoms with Gasteiger partial charge in [0.1, 0.15) is 17.2 Å². The average molecular weight is 564 g/mol. The van der Waals surface area contributed by atoms with Crippen LogP contribution in [0.15, 0.2) is 47.4 Å². The molecule has 2 aliphatic rings. The number of nitriles is 2. The van der Waals surface area contributed by atoms with Crippen molar-refractivity contribution in [2.45, 2.75) is 68.6 Å². The first-order valence-corrected chi connectivity index (χ1v) is 15.0. The van der Waals surface area contributed by atoms with Crippen LogP contribution in [0.25, 0.3) is 11.1 Å². The van der Waals surface area contributed by atoms with E-state index in [2.05, 4.69) is 6.07 Å². The molecule has 2 heterocycles. The fourth-order valence-electron chi connectivity index (χ4n) is 5.44. The van der Waals surface area contributed by atoms with Gasteiger partial charge in [0.2, 0.25) is 0 Å². The number of ether oxygens (including phenoxy) is 2. The highest BCUT2D eigenvalue weighted by molar-refractivity contribution is 7.90. The summed E-state index contributed by atoms with van der Waals surface area (Å²) in [4.78, 5) is 28.2. The Morgan fingerprint density at radius 1 is 1.15 bits per heavy atom. The molecule has 2 bridgehead atoms. The third-order valence-electron chi connectivity index (χ3n) is 7.36. The van der Waals surface area contributed by atoms with Crippen LogP contribution in [0.5, 0.6) is 0 Å². The van der Waals surface area contributed by atoms with Gasteiger partial charge in [0.15, 0.2) is 15.6 Å². The molecular weight excluding hydrogens is 530 g/mol. The first-order valence-electron chi connectivity index (χ1n) is 13.1. The Balaban J connectivity index is 1.49. The van der Waals surface area contributed by atoms with Gasteiger partial charge in [-0.25, -0.2) is 13.2 Å². The van der Waals surface area contributed by atoms with Crippen molar-refractivity contribution in [3.63, 3.8) is 0 Å². The number of fused-ring (bicyclic) bond motifs is 2. The molecule has 0 unspecified atom stereocenters. The van der Waals surface area contributed by atoms with Crippen LogP contribution in [-0.2, 0) is 30.5 Å². The van der Waals surface area contributed by atoms with Gasteiger partial charge >= 0.3 is 6.09 Å². The van der Waals surface area contributed by atoms with Crippen LogP contribution in [0.3, 0.4) is 0 Å². The minimum atomic E-state index is -3.58. The number of sulfone groups is 1. The molecule has 0 saturated carbocycles. The zero-order valence-corrected chi connectivity index (χ0v) is 24.0. The number of likely N-dealkylation sites (tertiary alicyclic amines) is 1. The predicted molar refractivity (Wildman–Crippen MR) is 147 cm³/mol. The normalized spacial score (nSPS) is 21.2. The SMILES string of the molecule is CC(C)(C)OC(=O)N1C[C@H]2C[C@]1(C(=O)C[C@H](C#N)Cc1ccc(-c3ccc(C#N)c(S(C)(=O)=O)c3)cc1)CCO2. The summed E-state index contributed by atoms with van der Waals surface area (Å²) in [6, 6.07) is 16.2. The number of amides is 1. The first-order chi connectivity index (χ1) is 18.8. The maximum absolute atomic E-state index is 13.7. The molecule has 210 valence electrons. The van der Waals surface area contributed by atoms with Gasteiger partial charge in [0.25, 0.3) is 0 Å². The number of ketones is 1. The van der Waals surface area contributed by atoms with E-state index in [0.29, 0.717) is 31.4 Å². The summed E-state index contributed by atoms with van der Waals surface area (Å²) >= 11 is 0. The largest absolute Gasteiger partial charge is 0.444 e. The molecule has 4 rings (SSSR count). The fraction of sp³-hybridized carbons (Fsp3) is 0.467. The van der Waals surface area contributed by atoms with Crippen LogP contribution in [-0.4, -0.2) is 61.8 Å². The second-order valence-electron chi connectivity index (χ2n) is 11.5. The van der Waals surface area contributed by atoms with Crippen molar-refractivity contribution in [1.29, 1.82) is 10.5 Å². The summed E-state index contributed by atoms with van der Waals surface area (Å²) in [5.41, 5.74) is 0.607. The third kappa shape index (κ3) is 6.19. The minimum Gasteiger partial charge on any atom is -0.444 e. The topological polar surface area (TPSA) is 138 Å². The summed E-state index contributed by atoms with van der Waals surface area (Å²) < 4.78 is 35.6. The number of benzene rings is 2.